The van der Waals surface area contributed by atoms with Crippen molar-refractivity contribution in [3.05, 3.63) is 46.1 Å². The Morgan fingerprint density at radius 2 is 1.94 bits per heavy atom. The zero-order valence-electron chi connectivity index (χ0n) is 8.80. The van der Waals surface area contributed by atoms with Gasteiger partial charge in [0.15, 0.2) is 5.69 Å². The number of rotatable bonds is 3. The lowest BCUT2D eigenvalue weighted by Gasteiger charge is -2.06. The van der Waals surface area contributed by atoms with Crippen molar-refractivity contribution in [2.75, 3.05) is 0 Å². The zero-order chi connectivity index (χ0) is 13.1. The van der Waals surface area contributed by atoms with Crippen LogP contribution in [0.2, 0.25) is 10.0 Å². The molecule has 0 bridgehead atoms. The second-order valence-corrected chi connectivity index (χ2v) is 4.08. The molecule has 5 nitrogen and oxygen atoms in total. The van der Waals surface area contributed by atoms with Gasteiger partial charge < -0.3 is 9.84 Å². The SMILES string of the molecule is O=C(O)c1ccc(Oc2cc(Cl)ccc2Cl)nn1. The van der Waals surface area contributed by atoms with E-state index in [1.807, 2.05) is 0 Å². The van der Waals surface area contributed by atoms with Gasteiger partial charge in [-0.1, -0.05) is 23.2 Å². The maximum absolute atomic E-state index is 10.6. The van der Waals surface area contributed by atoms with Crippen LogP contribution in [0.1, 0.15) is 10.5 Å². The van der Waals surface area contributed by atoms with E-state index < -0.39 is 5.97 Å². The van der Waals surface area contributed by atoms with Crippen LogP contribution >= 0.6 is 23.2 Å². The van der Waals surface area contributed by atoms with Gasteiger partial charge in [0.05, 0.1) is 5.02 Å². The molecule has 2 rings (SSSR count). The van der Waals surface area contributed by atoms with Gasteiger partial charge in [-0.3, -0.25) is 0 Å². The predicted molar refractivity (Wildman–Crippen MR) is 65.5 cm³/mol. The van der Waals surface area contributed by atoms with Gasteiger partial charge >= 0.3 is 5.97 Å². The first-order valence-corrected chi connectivity index (χ1v) is 5.52. The summed E-state index contributed by atoms with van der Waals surface area (Å²) >= 11 is 11.7. The smallest absolute Gasteiger partial charge is 0.356 e. The molecule has 0 aliphatic carbocycles. The Morgan fingerprint density at radius 3 is 2.56 bits per heavy atom. The topological polar surface area (TPSA) is 72.3 Å². The van der Waals surface area contributed by atoms with Crippen LogP contribution in [0.4, 0.5) is 0 Å². The molecule has 0 atom stereocenters. The molecule has 0 aliphatic heterocycles. The van der Waals surface area contributed by atoms with E-state index >= 15 is 0 Å². The summed E-state index contributed by atoms with van der Waals surface area (Å²) in [5, 5.41) is 16.6. The number of hydrogen-bond acceptors (Lipinski definition) is 4. The Hall–Kier alpha value is -1.85. The Kier molecular flexibility index (Phi) is 3.64. The summed E-state index contributed by atoms with van der Waals surface area (Å²) in [7, 11) is 0. The molecule has 7 heteroatoms. The van der Waals surface area contributed by atoms with E-state index in [1.54, 1.807) is 12.1 Å². The molecule has 92 valence electrons. The Morgan fingerprint density at radius 1 is 1.17 bits per heavy atom. The Labute approximate surface area is 112 Å². The quantitative estimate of drug-likeness (QED) is 0.936. The monoisotopic (exact) mass is 284 g/mol. The van der Waals surface area contributed by atoms with E-state index in [2.05, 4.69) is 10.2 Å². The maximum Gasteiger partial charge on any atom is 0.356 e. The van der Waals surface area contributed by atoms with Crippen LogP contribution in [-0.4, -0.2) is 21.3 Å². The average molecular weight is 285 g/mol. The van der Waals surface area contributed by atoms with Crippen LogP contribution in [0.25, 0.3) is 0 Å². The Balaban J connectivity index is 2.23. The maximum atomic E-state index is 10.6. The van der Waals surface area contributed by atoms with Crippen molar-refractivity contribution in [2.45, 2.75) is 0 Å². The summed E-state index contributed by atoms with van der Waals surface area (Å²) in [5.41, 5.74) is -0.167. The molecule has 0 saturated carbocycles. The fraction of sp³-hybridized carbons (Fsp3) is 0. The fourth-order valence-electron chi connectivity index (χ4n) is 1.16. The van der Waals surface area contributed by atoms with E-state index in [4.69, 9.17) is 33.0 Å². The lowest BCUT2D eigenvalue weighted by molar-refractivity contribution is 0.0689. The molecule has 0 amide bonds. The highest BCUT2D eigenvalue weighted by atomic mass is 35.5. The first-order valence-electron chi connectivity index (χ1n) is 4.76. The van der Waals surface area contributed by atoms with Gasteiger partial charge in [0, 0.05) is 17.2 Å². The lowest BCUT2D eigenvalue weighted by Crippen LogP contribution is -2.02. The molecule has 0 radical (unpaired) electrons. The molecule has 2 aromatic rings. The number of nitrogens with zero attached hydrogens (tertiary/aromatic N) is 2. The fourth-order valence-corrected chi connectivity index (χ4v) is 1.47. The van der Waals surface area contributed by atoms with Crippen molar-refractivity contribution >= 4 is 29.2 Å². The molecular formula is C11H6Cl2N2O3. The molecule has 1 aromatic carbocycles. The van der Waals surface area contributed by atoms with Gasteiger partial charge in [0.1, 0.15) is 5.75 Å². The summed E-state index contributed by atoms with van der Waals surface area (Å²) < 4.78 is 5.34. The predicted octanol–water partition coefficient (Wildman–Crippen LogP) is 3.27. The minimum Gasteiger partial charge on any atom is -0.476 e. The van der Waals surface area contributed by atoms with Crippen LogP contribution in [0, 0.1) is 0 Å². The summed E-state index contributed by atoms with van der Waals surface area (Å²) in [6.07, 6.45) is 0. The number of ether oxygens (including phenoxy) is 1. The molecule has 0 aliphatic rings. The van der Waals surface area contributed by atoms with Crippen LogP contribution in [0.5, 0.6) is 11.6 Å². The van der Waals surface area contributed by atoms with Crippen molar-refractivity contribution in [2.24, 2.45) is 0 Å². The normalized spacial score (nSPS) is 10.1. The highest BCUT2D eigenvalue weighted by Gasteiger charge is 2.08. The first kappa shape index (κ1) is 12.6. The number of carboxylic acids is 1. The zero-order valence-corrected chi connectivity index (χ0v) is 10.3. The van der Waals surface area contributed by atoms with Crippen molar-refractivity contribution in [3.8, 4) is 11.6 Å². The minimum atomic E-state index is -1.16. The molecule has 1 aromatic heterocycles. The number of aromatic nitrogens is 2. The second kappa shape index (κ2) is 5.20. The summed E-state index contributed by atoms with van der Waals surface area (Å²) in [4.78, 5) is 10.6. The summed E-state index contributed by atoms with van der Waals surface area (Å²) in [5.74, 6) is -0.708. The number of carboxylic acid groups (broad SMARTS) is 1. The number of aromatic carboxylic acids is 1. The van der Waals surface area contributed by atoms with E-state index in [9.17, 15) is 4.79 Å². The molecule has 1 N–H and O–H groups in total. The first-order chi connectivity index (χ1) is 8.56. The highest BCUT2D eigenvalue weighted by molar-refractivity contribution is 6.34. The highest BCUT2D eigenvalue weighted by Crippen LogP contribution is 2.30. The van der Waals surface area contributed by atoms with E-state index in [-0.39, 0.29) is 11.6 Å². The van der Waals surface area contributed by atoms with Crippen molar-refractivity contribution < 1.29 is 14.6 Å². The van der Waals surface area contributed by atoms with Crippen LogP contribution in [0.15, 0.2) is 30.3 Å². The molecule has 0 saturated heterocycles. The summed E-state index contributed by atoms with van der Waals surface area (Å²) in [6, 6.07) is 7.39. The van der Waals surface area contributed by atoms with Crippen LogP contribution in [0.3, 0.4) is 0 Å². The number of hydrogen-bond donors (Lipinski definition) is 1. The molecule has 0 fully saturated rings. The van der Waals surface area contributed by atoms with E-state index in [0.29, 0.717) is 15.8 Å². The Bertz CT molecular complexity index is 587. The van der Waals surface area contributed by atoms with Gasteiger partial charge in [0.2, 0.25) is 5.88 Å². The van der Waals surface area contributed by atoms with Gasteiger partial charge in [-0.05, 0) is 18.2 Å². The third-order valence-electron chi connectivity index (χ3n) is 1.97. The van der Waals surface area contributed by atoms with Crippen LogP contribution < -0.4 is 4.74 Å². The van der Waals surface area contributed by atoms with Gasteiger partial charge in [-0.25, -0.2) is 4.79 Å². The largest absolute Gasteiger partial charge is 0.476 e. The molecular weight excluding hydrogens is 279 g/mol. The van der Waals surface area contributed by atoms with Gasteiger partial charge in [-0.2, -0.15) is 0 Å². The van der Waals surface area contributed by atoms with E-state index in [0.717, 1.165) is 0 Å². The summed E-state index contributed by atoms with van der Waals surface area (Å²) in [6.45, 7) is 0. The van der Waals surface area contributed by atoms with Crippen LogP contribution in [-0.2, 0) is 0 Å². The number of halogens is 2. The number of carbonyl (C=O) groups is 1. The third kappa shape index (κ3) is 2.88. The van der Waals surface area contributed by atoms with Crippen molar-refractivity contribution in [1.29, 1.82) is 0 Å². The minimum absolute atomic E-state index is 0.129. The van der Waals surface area contributed by atoms with Crippen molar-refractivity contribution in [3.63, 3.8) is 0 Å². The van der Waals surface area contributed by atoms with Crippen molar-refractivity contribution in [1.82, 2.24) is 10.2 Å². The molecule has 0 spiro atoms. The lowest BCUT2D eigenvalue weighted by atomic mass is 10.3. The molecule has 1 heterocycles. The number of benzene rings is 1. The average Bonchev–Trinajstić information content (AvgIpc) is 2.34. The standard InChI is InChI=1S/C11H6Cl2N2O3/c12-6-1-2-7(13)9(5-6)18-10-4-3-8(11(16)17)14-15-10/h1-5H,(H,16,17). The van der Waals surface area contributed by atoms with Gasteiger partial charge in [-0.15, -0.1) is 10.2 Å². The van der Waals surface area contributed by atoms with E-state index in [1.165, 1.54) is 18.2 Å². The molecule has 18 heavy (non-hydrogen) atoms. The van der Waals surface area contributed by atoms with Gasteiger partial charge in [0.25, 0.3) is 0 Å². The second-order valence-electron chi connectivity index (χ2n) is 3.24. The third-order valence-corrected chi connectivity index (χ3v) is 2.51. The molecule has 0 unspecified atom stereocenters.